The molecule has 2 aromatic rings. The predicted molar refractivity (Wildman–Crippen MR) is 150 cm³/mol. The molecule has 4 atom stereocenters. The summed E-state index contributed by atoms with van der Waals surface area (Å²) in [4.78, 5) is 35.8. The number of aromatic nitrogens is 4. The fourth-order valence-corrected chi connectivity index (χ4v) is 4.91. The number of hydrogen-bond donors (Lipinski definition) is 2. The van der Waals surface area contributed by atoms with Gasteiger partial charge in [0, 0.05) is 0 Å². The van der Waals surface area contributed by atoms with Crippen LogP contribution in [-0.4, -0.2) is 87.9 Å². The number of aliphatic hydroxyl groups is 1. The largest absolute Gasteiger partial charge is 0.510 e. The van der Waals surface area contributed by atoms with Gasteiger partial charge in [0.1, 0.15) is 12.7 Å². The molecule has 2 aromatic heterocycles. The molecule has 0 unspecified atom stereocenters. The van der Waals surface area contributed by atoms with E-state index in [4.69, 9.17) is 38.3 Å². The Kier molecular flexibility index (Phi) is 11.7. The molecule has 3 heterocycles. The fraction of sp³-hybridized carbons (Fsp3) is 0.640. The zero-order valence-corrected chi connectivity index (χ0v) is 26.4. The molecule has 0 saturated carbocycles. The van der Waals surface area contributed by atoms with Gasteiger partial charge in [-0.3, -0.25) is 9.09 Å². The van der Waals surface area contributed by atoms with E-state index in [1.165, 1.54) is 23.9 Å². The number of halogens is 1. The number of ether oxygens (including phenoxy) is 6. The van der Waals surface area contributed by atoms with Crippen LogP contribution in [0.4, 0.5) is 19.9 Å². The Labute approximate surface area is 257 Å². The van der Waals surface area contributed by atoms with Crippen LogP contribution in [-0.2, 0) is 41.8 Å². The quantitative estimate of drug-likeness (QED) is 0.120. The third kappa shape index (κ3) is 8.56. The van der Waals surface area contributed by atoms with Crippen LogP contribution < -0.4 is 10.5 Å². The first-order chi connectivity index (χ1) is 21.1. The highest BCUT2D eigenvalue weighted by atomic mass is 31.2. The summed E-state index contributed by atoms with van der Waals surface area (Å²) in [5.74, 6) is -3.19. The zero-order chi connectivity index (χ0) is 33.6. The van der Waals surface area contributed by atoms with E-state index in [0.717, 1.165) is 0 Å². The number of phosphoric acid groups is 1. The lowest BCUT2D eigenvalue weighted by Gasteiger charge is -2.30. The number of nitrogens with zero attached hydrogens (tertiary/aromatic N) is 4. The number of rotatable bonds is 15. The summed E-state index contributed by atoms with van der Waals surface area (Å²) in [5, 5.41) is 11.2. The highest BCUT2D eigenvalue weighted by Crippen LogP contribution is 2.56. The number of phosphoric ester groups is 1. The summed E-state index contributed by atoms with van der Waals surface area (Å²) in [6.45, 7) is 9.97. The van der Waals surface area contributed by atoms with Crippen molar-refractivity contribution in [2.75, 3.05) is 32.5 Å². The molecular weight excluding hydrogens is 628 g/mol. The number of hydrogen-bond acceptors (Lipinski definition) is 17. The van der Waals surface area contributed by atoms with Gasteiger partial charge in [0.05, 0.1) is 30.6 Å². The molecule has 1 fully saturated rings. The van der Waals surface area contributed by atoms with E-state index in [1.807, 2.05) is 0 Å². The second kappa shape index (κ2) is 14.7. The molecule has 0 spiro atoms. The Bertz CT molecular complexity index is 1380. The summed E-state index contributed by atoms with van der Waals surface area (Å²) in [6.07, 6.45) is -4.31. The Morgan fingerprint density at radius 3 is 2.24 bits per heavy atom. The Hall–Kier alpha value is -3.61. The Balaban J connectivity index is 1.84. The van der Waals surface area contributed by atoms with E-state index in [0.29, 0.717) is 0 Å². The van der Waals surface area contributed by atoms with Gasteiger partial charge in [0.2, 0.25) is 25.4 Å². The Morgan fingerprint density at radius 2 is 1.73 bits per heavy atom. The lowest BCUT2D eigenvalue weighted by atomic mass is 9.82. The van der Waals surface area contributed by atoms with Crippen molar-refractivity contribution in [3.8, 4) is 5.88 Å². The van der Waals surface area contributed by atoms with Gasteiger partial charge < -0.3 is 39.3 Å². The number of aliphatic hydroxyl groups excluding tert-OH is 1. The third-order valence-corrected chi connectivity index (χ3v) is 7.36. The normalized spacial score (nSPS) is 23.3. The second-order valence-corrected chi connectivity index (χ2v) is 11.9. The number of fused-ring (bicyclic) bond motifs is 1. The van der Waals surface area contributed by atoms with Crippen molar-refractivity contribution in [2.24, 2.45) is 5.41 Å². The molecule has 252 valence electrons. The van der Waals surface area contributed by atoms with Crippen LogP contribution in [0, 0.1) is 5.41 Å². The van der Waals surface area contributed by atoms with Crippen molar-refractivity contribution < 1.29 is 65.6 Å². The van der Waals surface area contributed by atoms with Gasteiger partial charge in [0.25, 0.3) is 5.85 Å². The summed E-state index contributed by atoms with van der Waals surface area (Å²) in [7, 11) is -4.91. The predicted octanol–water partition coefficient (Wildman–Crippen LogP) is 3.75. The highest BCUT2D eigenvalue weighted by molar-refractivity contribution is 7.48. The van der Waals surface area contributed by atoms with Gasteiger partial charge in [-0.15, -0.1) is 6.58 Å². The second-order valence-electron chi connectivity index (χ2n) is 10.2. The first kappa shape index (κ1) is 35.9. The molecule has 0 aliphatic carbocycles. The van der Waals surface area contributed by atoms with Crippen LogP contribution in [0.1, 0.15) is 47.8 Å². The van der Waals surface area contributed by atoms with E-state index < -0.39 is 76.1 Å². The molecule has 0 amide bonds. The third-order valence-electron chi connectivity index (χ3n) is 6.08. The molecule has 20 heteroatoms. The van der Waals surface area contributed by atoms with E-state index in [9.17, 15) is 19.3 Å². The molecule has 0 aromatic carbocycles. The first-order valence-electron chi connectivity index (χ1n) is 13.6. The Morgan fingerprint density at radius 1 is 1.16 bits per heavy atom. The minimum atomic E-state index is -4.91. The molecular formula is C25H37FN5O13P. The SMILES string of the molecule is C=C[C@@]1(C)[C@H](n2cnc3c(OCC)nc(N)nc32)O[C@](F)(COP(=O)(OCOC(=O)OC(C)C)OCOC(=O)OC(C)C)[C@H]1O. The van der Waals surface area contributed by atoms with Gasteiger partial charge in [-0.25, -0.2) is 32.6 Å². The smallest absolute Gasteiger partial charge is 0.476 e. The average Bonchev–Trinajstić information content (AvgIpc) is 3.44. The van der Waals surface area contributed by atoms with Gasteiger partial charge in [-0.05, 0) is 41.5 Å². The van der Waals surface area contributed by atoms with Crippen LogP contribution in [0.2, 0.25) is 0 Å². The van der Waals surface area contributed by atoms with Crippen molar-refractivity contribution in [3.05, 3.63) is 19.0 Å². The number of anilines is 1. The lowest BCUT2D eigenvalue weighted by Crippen LogP contribution is -2.44. The topological polar surface area (TPSA) is 224 Å². The van der Waals surface area contributed by atoms with Crippen LogP contribution in [0.25, 0.3) is 11.2 Å². The van der Waals surface area contributed by atoms with E-state index >= 15 is 4.39 Å². The monoisotopic (exact) mass is 665 g/mol. The molecule has 0 radical (unpaired) electrons. The number of imidazole rings is 1. The average molecular weight is 666 g/mol. The molecule has 3 N–H and O–H groups in total. The maximum Gasteiger partial charge on any atom is 0.510 e. The van der Waals surface area contributed by atoms with Crippen molar-refractivity contribution >= 4 is 37.2 Å². The maximum atomic E-state index is 16.4. The number of alkyl halides is 1. The molecule has 1 saturated heterocycles. The minimum absolute atomic E-state index is 0.0710. The molecule has 45 heavy (non-hydrogen) atoms. The minimum Gasteiger partial charge on any atom is -0.476 e. The van der Waals surface area contributed by atoms with Gasteiger partial charge >= 0.3 is 20.1 Å². The lowest BCUT2D eigenvalue weighted by molar-refractivity contribution is -0.205. The van der Waals surface area contributed by atoms with Gasteiger partial charge in [-0.2, -0.15) is 9.97 Å². The number of carbonyl (C=O) groups is 2. The molecule has 1 aliphatic rings. The van der Waals surface area contributed by atoms with Crippen molar-refractivity contribution in [3.63, 3.8) is 0 Å². The molecule has 18 nitrogen and oxygen atoms in total. The summed E-state index contributed by atoms with van der Waals surface area (Å²) >= 11 is 0. The number of nitrogens with two attached hydrogens (primary N) is 1. The summed E-state index contributed by atoms with van der Waals surface area (Å²) < 4.78 is 76.1. The van der Waals surface area contributed by atoms with Crippen LogP contribution in [0.3, 0.4) is 0 Å². The van der Waals surface area contributed by atoms with Crippen LogP contribution >= 0.6 is 7.82 Å². The molecule has 1 aliphatic heterocycles. The van der Waals surface area contributed by atoms with Crippen LogP contribution in [0.15, 0.2) is 19.0 Å². The molecule has 3 rings (SSSR count). The van der Waals surface area contributed by atoms with E-state index in [1.54, 1.807) is 34.6 Å². The molecule has 0 bridgehead atoms. The summed E-state index contributed by atoms with van der Waals surface area (Å²) in [5.41, 5.74) is 4.54. The van der Waals surface area contributed by atoms with Gasteiger partial charge in [-0.1, -0.05) is 6.08 Å². The van der Waals surface area contributed by atoms with E-state index in [-0.39, 0.29) is 29.6 Å². The van der Waals surface area contributed by atoms with Crippen molar-refractivity contribution in [1.82, 2.24) is 19.5 Å². The fourth-order valence-electron chi connectivity index (χ4n) is 3.98. The van der Waals surface area contributed by atoms with Gasteiger partial charge in [0.15, 0.2) is 17.4 Å². The highest BCUT2D eigenvalue weighted by Gasteiger charge is 2.63. The van der Waals surface area contributed by atoms with Crippen LogP contribution in [0.5, 0.6) is 5.88 Å². The van der Waals surface area contributed by atoms with Crippen molar-refractivity contribution in [2.45, 2.75) is 71.9 Å². The zero-order valence-electron chi connectivity index (χ0n) is 25.5. The summed E-state index contributed by atoms with van der Waals surface area (Å²) in [6, 6.07) is 0. The first-order valence-corrected chi connectivity index (χ1v) is 15.0. The number of carbonyl (C=O) groups excluding carboxylic acids is 2. The number of nitrogen functional groups attached to an aromatic ring is 1. The van der Waals surface area contributed by atoms with E-state index in [2.05, 4.69) is 31.0 Å². The standard InChI is InChI=1S/C25H37FN5O13P/c1-8-24(7)19(32)25(26,44-20(24)31-11-28-16-17(31)29-21(27)30-18(16)36-9-2)10-39-45(35,40-12-37-22(33)42-14(3)4)41-13-38-23(34)43-15(5)6/h8,11,14-15,19-20,32H,1,9-10,12-13H2,2-7H3,(H2,27,29,30)/t19-,20+,24+,25+/m0/s1. The van der Waals surface area contributed by atoms with Crippen molar-refractivity contribution in [1.29, 1.82) is 0 Å². The maximum absolute atomic E-state index is 16.4.